The van der Waals surface area contributed by atoms with Gasteiger partial charge in [0.1, 0.15) is 11.6 Å². The van der Waals surface area contributed by atoms with Crippen molar-refractivity contribution in [3.05, 3.63) is 0 Å². The van der Waals surface area contributed by atoms with Crippen molar-refractivity contribution in [3.63, 3.8) is 0 Å². The monoisotopic (exact) mass is 360 g/mol. The first-order valence-electron chi connectivity index (χ1n) is 8.51. The van der Waals surface area contributed by atoms with Crippen LogP contribution in [0.5, 0.6) is 0 Å². The lowest BCUT2D eigenvalue weighted by atomic mass is 9.94. The minimum absolute atomic E-state index is 0. The zero-order valence-electron chi connectivity index (χ0n) is 14.7. The average molecular weight is 361 g/mol. The molecule has 0 radical (unpaired) electrons. The van der Waals surface area contributed by atoms with Crippen molar-refractivity contribution >= 4 is 30.3 Å². The molecule has 0 aromatic heterocycles. The number of urea groups is 1. The van der Waals surface area contributed by atoms with E-state index in [0.717, 1.165) is 30.6 Å². The van der Waals surface area contributed by atoms with Gasteiger partial charge in [-0.25, -0.2) is 9.69 Å². The predicted molar refractivity (Wildman–Crippen MR) is 93.8 cm³/mol. The molecule has 4 amide bonds. The van der Waals surface area contributed by atoms with Gasteiger partial charge in [-0.2, -0.15) is 0 Å². The van der Waals surface area contributed by atoms with E-state index >= 15 is 0 Å². The van der Waals surface area contributed by atoms with E-state index < -0.39 is 23.2 Å². The molecule has 1 saturated heterocycles. The summed E-state index contributed by atoms with van der Waals surface area (Å²) in [6.45, 7) is 5.86. The molecule has 0 bridgehead atoms. The standard InChI is InChI=1S/C16H28N4O3.ClH/c1-4-15(17,5-2)10-18-12(21)11(3)20-13(22)16(19-14(20)23)8-6-7-9-16;/h11H,4-10,17H2,1-3H3,(H,18,21)(H,19,23);1H. The summed E-state index contributed by atoms with van der Waals surface area (Å²) in [7, 11) is 0. The van der Waals surface area contributed by atoms with Gasteiger partial charge in [-0.15, -0.1) is 12.4 Å². The lowest BCUT2D eigenvalue weighted by Gasteiger charge is -2.29. The normalized spacial score (nSPS) is 20.8. The SMILES string of the molecule is CCC(N)(CC)CNC(=O)C(C)N1C(=O)NC2(CCCC2)C1=O.Cl. The van der Waals surface area contributed by atoms with Gasteiger partial charge in [0.2, 0.25) is 5.91 Å². The quantitative estimate of drug-likeness (QED) is 0.621. The Morgan fingerprint density at radius 1 is 1.33 bits per heavy atom. The number of hydrogen-bond donors (Lipinski definition) is 3. The number of hydrogen-bond acceptors (Lipinski definition) is 4. The number of nitrogens with one attached hydrogen (secondary N) is 2. The molecule has 1 spiro atoms. The molecule has 0 aromatic rings. The van der Waals surface area contributed by atoms with Crippen molar-refractivity contribution in [1.29, 1.82) is 0 Å². The van der Waals surface area contributed by atoms with Gasteiger partial charge in [0.05, 0.1) is 0 Å². The van der Waals surface area contributed by atoms with E-state index in [0.29, 0.717) is 19.4 Å². The summed E-state index contributed by atoms with van der Waals surface area (Å²) in [5.74, 6) is -0.618. The fourth-order valence-electron chi connectivity index (χ4n) is 3.34. The number of rotatable bonds is 6. The number of amides is 4. The van der Waals surface area contributed by atoms with Gasteiger partial charge in [-0.3, -0.25) is 9.59 Å². The fraction of sp³-hybridized carbons (Fsp3) is 0.812. The minimum Gasteiger partial charge on any atom is -0.352 e. The summed E-state index contributed by atoms with van der Waals surface area (Å²) in [5, 5.41) is 5.58. The summed E-state index contributed by atoms with van der Waals surface area (Å²) in [6, 6.07) is -1.30. The first-order valence-corrected chi connectivity index (χ1v) is 8.51. The van der Waals surface area contributed by atoms with E-state index in [4.69, 9.17) is 5.73 Å². The van der Waals surface area contributed by atoms with E-state index in [1.807, 2.05) is 13.8 Å². The molecule has 7 nitrogen and oxygen atoms in total. The average Bonchev–Trinajstić information content (AvgIpc) is 3.10. The third kappa shape index (κ3) is 3.67. The van der Waals surface area contributed by atoms with E-state index in [1.54, 1.807) is 6.92 Å². The fourth-order valence-corrected chi connectivity index (χ4v) is 3.34. The zero-order chi connectivity index (χ0) is 17.3. The Morgan fingerprint density at radius 2 is 1.88 bits per heavy atom. The molecule has 4 N–H and O–H groups in total. The highest BCUT2D eigenvalue weighted by Crippen LogP contribution is 2.35. The van der Waals surface area contributed by atoms with Crippen LogP contribution in [0.4, 0.5) is 4.79 Å². The van der Waals surface area contributed by atoms with Gasteiger partial charge in [-0.1, -0.05) is 26.7 Å². The highest BCUT2D eigenvalue weighted by atomic mass is 35.5. The lowest BCUT2D eigenvalue weighted by molar-refractivity contribution is -0.137. The van der Waals surface area contributed by atoms with Crippen LogP contribution in [0.1, 0.15) is 59.3 Å². The highest BCUT2D eigenvalue weighted by Gasteiger charge is 2.54. The smallest absolute Gasteiger partial charge is 0.325 e. The van der Waals surface area contributed by atoms with Crippen LogP contribution >= 0.6 is 12.4 Å². The second kappa shape index (κ2) is 7.70. The van der Waals surface area contributed by atoms with Gasteiger partial charge in [0, 0.05) is 12.1 Å². The first-order chi connectivity index (χ1) is 10.8. The zero-order valence-corrected chi connectivity index (χ0v) is 15.5. The second-order valence-corrected chi connectivity index (χ2v) is 6.86. The first kappa shape index (κ1) is 20.7. The predicted octanol–water partition coefficient (Wildman–Crippen LogP) is 1.29. The van der Waals surface area contributed by atoms with E-state index in [-0.39, 0.29) is 24.2 Å². The lowest BCUT2D eigenvalue weighted by Crippen LogP contribution is -2.54. The molecule has 0 aromatic carbocycles. The number of nitrogens with two attached hydrogens (primary N) is 1. The topological polar surface area (TPSA) is 105 Å². The molecule has 2 rings (SSSR count). The molecular weight excluding hydrogens is 332 g/mol. The number of halogens is 1. The summed E-state index contributed by atoms with van der Waals surface area (Å²) in [5.41, 5.74) is 4.93. The summed E-state index contributed by atoms with van der Waals surface area (Å²) >= 11 is 0. The van der Waals surface area contributed by atoms with Gasteiger partial charge in [-0.05, 0) is 32.6 Å². The van der Waals surface area contributed by atoms with Gasteiger partial charge in [0.15, 0.2) is 0 Å². The molecule has 1 aliphatic heterocycles. The van der Waals surface area contributed by atoms with E-state index in [1.165, 1.54) is 0 Å². The van der Waals surface area contributed by atoms with Crippen LogP contribution in [-0.2, 0) is 9.59 Å². The van der Waals surface area contributed by atoms with E-state index in [9.17, 15) is 14.4 Å². The maximum atomic E-state index is 12.6. The van der Waals surface area contributed by atoms with Crippen LogP contribution in [0.15, 0.2) is 0 Å². The number of imide groups is 1. The highest BCUT2D eigenvalue weighted by molar-refractivity contribution is 6.09. The Hall–Kier alpha value is -1.34. The third-order valence-electron chi connectivity index (χ3n) is 5.44. The molecule has 1 heterocycles. The van der Waals surface area contributed by atoms with Crippen LogP contribution < -0.4 is 16.4 Å². The van der Waals surface area contributed by atoms with Gasteiger partial charge < -0.3 is 16.4 Å². The van der Waals surface area contributed by atoms with Crippen molar-refractivity contribution in [3.8, 4) is 0 Å². The third-order valence-corrected chi connectivity index (χ3v) is 5.44. The Kier molecular flexibility index (Phi) is 6.64. The summed E-state index contributed by atoms with van der Waals surface area (Å²) in [4.78, 5) is 38.3. The van der Waals surface area contributed by atoms with Crippen molar-refractivity contribution in [2.45, 2.75) is 76.4 Å². The molecule has 1 saturated carbocycles. The van der Waals surface area contributed by atoms with Crippen molar-refractivity contribution in [1.82, 2.24) is 15.5 Å². The number of nitrogens with zero attached hydrogens (tertiary/aromatic N) is 1. The Morgan fingerprint density at radius 3 is 2.38 bits per heavy atom. The maximum Gasteiger partial charge on any atom is 0.325 e. The molecule has 2 aliphatic rings. The largest absolute Gasteiger partial charge is 0.352 e. The van der Waals surface area contributed by atoms with Crippen LogP contribution in [-0.4, -0.2) is 46.4 Å². The van der Waals surface area contributed by atoms with Crippen LogP contribution in [0, 0.1) is 0 Å². The molecule has 1 unspecified atom stereocenters. The van der Waals surface area contributed by atoms with Crippen LogP contribution in [0.25, 0.3) is 0 Å². The minimum atomic E-state index is -0.833. The van der Waals surface area contributed by atoms with Crippen molar-refractivity contribution in [2.24, 2.45) is 5.73 Å². The maximum absolute atomic E-state index is 12.6. The Balaban J connectivity index is 0.00000288. The molecule has 8 heteroatoms. The van der Waals surface area contributed by atoms with Crippen LogP contribution in [0.2, 0.25) is 0 Å². The van der Waals surface area contributed by atoms with E-state index in [2.05, 4.69) is 10.6 Å². The molecule has 24 heavy (non-hydrogen) atoms. The second-order valence-electron chi connectivity index (χ2n) is 6.86. The summed E-state index contributed by atoms with van der Waals surface area (Å²) in [6.07, 6.45) is 4.63. The summed E-state index contributed by atoms with van der Waals surface area (Å²) < 4.78 is 0. The van der Waals surface area contributed by atoms with Gasteiger partial charge in [0.25, 0.3) is 5.91 Å². The molecule has 1 atom stereocenters. The van der Waals surface area contributed by atoms with Crippen molar-refractivity contribution in [2.75, 3.05) is 6.54 Å². The Labute approximate surface area is 149 Å². The number of carbonyl (C=O) groups excluding carboxylic acids is 3. The number of carbonyl (C=O) groups is 3. The van der Waals surface area contributed by atoms with Crippen molar-refractivity contribution < 1.29 is 14.4 Å². The molecule has 138 valence electrons. The Bertz CT molecular complexity index is 502. The van der Waals surface area contributed by atoms with Gasteiger partial charge >= 0.3 is 6.03 Å². The molecule has 2 fully saturated rings. The van der Waals surface area contributed by atoms with Crippen LogP contribution in [0.3, 0.4) is 0 Å². The molecular formula is C16H29ClN4O3. The molecule has 1 aliphatic carbocycles.